The SMILES string of the molecule is CC(C)C(C)NC(=O)c1ccc(Cn2cc(Br)cn2)o1. The summed E-state index contributed by atoms with van der Waals surface area (Å²) in [6, 6.07) is 3.60. The molecule has 0 bridgehead atoms. The molecule has 0 radical (unpaired) electrons. The quantitative estimate of drug-likeness (QED) is 0.910. The van der Waals surface area contributed by atoms with Crippen molar-refractivity contribution < 1.29 is 9.21 Å². The van der Waals surface area contributed by atoms with E-state index < -0.39 is 0 Å². The van der Waals surface area contributed by atoms with E-state index in [1.807, 2.05) is 13.1 Å². The molecule has 0 saturated carbocycles. The average Bonchev–Trinajstić information content (AvgIpc) is 2.99. The van der Waals surface area contributed by atoms with E-state index in [0.29, 0.717) is 24.0 Å². The molecule has 1 N–H and O–H groups in total. The van der Waals surface area contributed by atoms with E-state index in [4.69, 9.17) is 4.42 Å². The molecule has 1 unspecified atom stereocenters. The van der Waals surface area contributed by atoms with Crippen LogP contribution in [0.3, 0.4) is 0 Å². The van der Waals surface area contributed by atoms with E-state index in [1.54, 1.807) is 23.0 Å². The smallest absolute Gasteiger partial charge is 0.287 e. The molecule has 2 heterocycles. The first-order valence-corrected chi connectivity index (χ1v) is 7.32. The van der Waals surface area contributed by atoms with E-state index in [2.05, 4.69) is 40.2 Å². The lowest BCUT2D eigenvalue weighted by Crippen LogP contribution is -2.35. The van der Waals surface area contributed by atoms with Crippen molar-refractivity contribution in [3.05, 3.63) is 40.5 Å². The second-order valence-corrected chi connectivity index (χ2v) is 6.04. The fourth-order valence-corrected chi connectivity index (χ4v) is 1.94. The summed E-state index contributed by atoms with van der Waals surface area (Å²) in [4.78, 5) is 12.0. The topological polar surface area (TPSA) is 60.1 Å². The Kier molecular flexibility index (Phi) is 4.65. The number of carbonyl (C=O) groups is 1. The molecule has 6 heteroatoms. The van der Waals surface area contributed by atoms with Gasteiger partial charge in [0.15, 0.2) is 5.76 Å². The zero-order valence-electron chi connectivity index (χ0n) is 11.8. The molecule has 108 valence electrons. The van der Waals surface area contributed by atoms with Gasteiger partial charge in [0, 0.05) is 12.2 Å². The lowest BCUT2D eigenvalue weighted by molar-refractivity contribution is 0.0900. The van der Waals surface area contributed by atoms with Crippen LogP contribution in [0.4, 0.5) is 0 Å². The average molecular weight is 340 g/mol. The predicted octanol–water partition coefficient (Wildman–Crippen LogP) is 3.06. The van der Waals surface area contributed by atoms with Gasteiger partial charge >= 0.3 is 0 Å². The third-order valence-corrected chi connectivity index (χ3v) is 3.57. The lowest BCUT2D eigenvalue weighted by atomic mass is 10.1. The summed E-state index contributed by atoms with van der Waals surface area (Å²) in [6.45, 7) is 6.61. The Hall–Kier alpha value is -1.56. The van der Waals surface area contributed by atoms with Crippen molar-refractivity contribution in [1.29, 1.82) is 0 Å². The van der Waals surface area contributed by atoms with Crippen molar-refractivity contribution in [3.63, 3.8) is 0 Å². The molecule has 0 aliphatic carbocycles. The maximum absolute atomic E-state index is 12.0. The van der Waals surface area contributed by atoms with Gasteiger partial charge in [-0.05, 0) is 40.9 Å². The van der Waals surface area contributed by atoms with Crippen LogP contribution in [0, 0.1) is 5.92 Å². The maximum atomic E-state index is 12.0. The Bertz CT molecular complexity index is 589. The van der Waals surface area contributed by atoms with Gasteiger partial charge in [0.2, 0.25) is 0 Å². The fraction of sp³-hybridized carbons (Fsp3) is 0.429. The van der Waals surface area contributed by atoms with Crippen molar-refractivity contribution in [2.24, 2.45) is 5.92 Å². The number of rotatable bonds is 5. The highest BCUT2D eigenvalue weighted by molar-refractivity contribution is 9.10. The molecule has 2 aromatic rings. The first kappa shape index (κ1) is 14.8. The van der Waals surface area contributed by atoms with Crippen molar-refractivity contribution in [2.45, 2.75) is 33.4 Å². The lowest BCUT2D eigenvalue weighted by Gasteiger charge is -2.16. The standard InChI is InChI=1S/C14H18BrN3O2/c1-9(2)10(3)17-14(19)13-5-4-12(20-13)8-18-7-11(15)6-16-18/h4-7,9-10H,8H2,1-3H3,(H,17,19). The van der Waals surface area contributed by atoms with Gasteiger partial charge in [-0.1, -0.05) is 13.8 Å². The summed E-state index contributed by atoms with van der Waals surface area (Å²) >= 11 is 3.34. The summed E-state index contributed by atoms with van der Waals surface area (Å²) in [5, 5.41) is 7.06. The summed E-state index contributed by atoms with van der Waals surface area (Å²) in [7, 11) is 0. The highest BCUT2D eigenvalue weighted by Gasteiger charge is 2.15. The zero-order valence-corrected chi connectivity index (χ0v) is 13.3. The number of nitrogens with one attached hydrogen (secondary N) is 1. The molecular weight excluding hydrogens is 322 g/mol. The number of amides is 1. The van der Waals surface area contributed by atoms with Gasteiger partial charge in [0.05, 0.1) is 17.2 Å². The minimum atomic E-state index is -0.181. The molecule has 20 heavy (non-hydrogen) atoms. The Labute approximate surface area is 126 Å². The molecule has 0 saturated heterocycles. The van der Waals surface area contributed by atoms with E-state index in [9.17, 15) is 4.79 Å². The highest BCUT2D eigenvalue weighted by atomic mass is 79.9. The normalized spacial score (nSPS) is 12.7. The van der Waals surface area contributed by atoms with Gasteiger partial charge in [-0.15, -0.1) is 0 Å². The van der Waals surface area contributed by atoms with Gasteiger partial charge in [-0.2, -0.15) is 5.10 Å². The van der Waals surface area contributed by atoms with E-state index in [0.717, 1.165) is 4.47 Å². The number of hydrogen-bond acceptors (Lipinski definition) is 3. The molecular formula is C14H18BrN3O2. The van der Waals surface area contributed by atoms with Gasteiger partial charge in [-0.3, -0.25) is 9.48 Å². The third-order valence-electron chi connectivity index (χ3n) is 3.16. The van der Waals surface area contributed by atoms with Crippen LogP contribution in [0.2, 0.25) is 0 Å². The van der Waals surface area contributed by atoms with Crippen molar-refractivity contribution >= 4 is 21.8 Å². The Morgan fingerprint density at radius 3 is 2.80 bits per heavy atom. The van der Waals surface area contributed by atoms with E-state index >= 15 is 0 Å². The molecule has 2 rings (SSSR count). The van der Waals surface area contributed by atoms with Crippen LogP contribution in [0.15, 0.2) is 33.4 Å². The monoisotopic (exact) mass is 339 g/mol. The molecule has 0 aromatic carbocycles. The highest BCUT2D eigenvalue weighted by Crippen LogP contribution is 2.12. The number of carbonyl (C=O) groups excluding carboxylic acids is 1. The van der Waals surface area contributed by atoms with Gasteiger partial charge < -0.3 is 9.73 Å². The minimum absolute atomic E-state index is 0.109. The summed E-state index contributed by atoms with van der Waals surface area (Å²) < 4.78 is 8.20. The number of hydrogen-bond donors (Lipinski definition) is 1. The van der Waals surface area contributed by atoms with Crippen LogP contribution in [0.5, 0.6) is 0 Å². The minimum Gasteiger partial charge on any atom is -0.454 e. The molecule has 2 aromatic heterocycles. The van der Waals surface area contributed by atoms with E-state index in [-0.39, 0.29) is 11.9 Å². The third kappa shape index (κ3) is 3.72. The van der Waals surface area contributed by atoms with Crippen LogP contribution in [-0.4, -0.2) is 21.7 Å². The molecule has 0 fully saturated rings. The first-order chi connectivity index (χ1) is 9.45. The Morgan fingerprint density at radius 2 is 2.20 bits per heavy atom. The summed E-state index contributed by atoms with van der Waals surface area (Å²) in [5.74, 6) is 1.23. The van der Waals surface area contributed by atoms with Crippen LogP contribution in [-0.2, 0) is 6.54 Å². The van der Waals surface area contributed by atoms with E-state index in [1.165, 1.54) is 0 Å². The van der Waals surface area contributed by atoms with Crippen LogP contribution in [0.25, 0.3) is 0 Å². The second-order valence-electron chi connectivity index (χ2n) is 5.13. The number of nitrogens with zero attached hydrogens (tertiary/aromatic N) is 2. The van der Waals surface area contributed by atoms with Crippen LogP contribution < -0.4 is 5.32 Å². The van der Waals surface area contributed by atoms with Crippen LogP contribution in [0.1, 0.15) is 37.1 Å². The van der Waals surface area contributed by atoms with Gasteiger partial charge in [0.1, 0.15) is 5.76 Å². The molecule has 0 aliphatic heterocycles. The Balaban J connectivity index is 1.99. The predicted molar refractivity (Wildman–Crippen MR) is 79.5 cm³/mol. The number of halogens is 1. The Morgan fingerprint density at radius 1 is 1.45 bits per heavy atom. The van der Waals surface area contributed by atoms with Gasteiger partial charge in [-0.25, -0.2) is 0 Å². The molecule has 0 spiro atoms. The number of aromatic nitrogens is 2. The van der Waals surface area contributed by atoms with Crippen LogP contribution >= 0.6 is 15.9 Å². The van der Waals surface area contributed by atoms with Gasteiger partial charge in [0.25, 0.3) is 5.91 Å². The largest absolute Gasteiger partial charge is 0.454 e. The molecule has 1 amide bonds. The van der Waals surface area contributed by atoms with Crippen molar-refractivity contribution in [2.75, 3.05) is 0 Å². The van der Waals surface area contributed by atoms with Crippen molar-refractivity contribution in [1.82, 2.24) is 15.1 Å². The fourth-order valence-electron chi connectivity index (χ4n) is 1.61. The molecule has 1 atom stereocenters. The summed E-state index contributed by atoms with van der Waals surface area (Å²) in [5.41, 5.74) is 0. The first-order valence-electron chi connectivity index (χ1n) is 6.53. The number of furan rings is 1. The summed E-state index contributed by atoms with van der Waals surface area (Å²) in [6.07, 6.45) is 3.56. The molecule has 0 aliphatic rings. The second kappa shape index (κ2) is 6.26. The van der Waals surface area contributed by atoms with Crippen molar-refractivity contribution in [3.8, 4) is 0 Å². The zero-order chi connectivity index (χ0) is 14.7. The maximum Gasteiger partial charge on any atom is 0.287 e. The molecule has 5 nitrogen and oxygen atoms in total.